The molecule has 0 saturated carbocycles. The van der Waals surface area contributed by atoms with Crippen LogP contribution >= 0.6 is 0 Å². The highest BCUT2D eigenvalue weighted by atomic mass is 16.6. The van der Waals surface area contributed by atoms with E-state index >= 15 is 0 Å². The molecule has 11 N–H and O–H groups in total. The van der Waals surface area contributed by atoms with Crippen LogP contribution in [0.5, 0.6) is 0 Å². The predicted molar refractivity (Wildman–Crippen MR) is 491 cm³/mol. The second-order valence-corrected chi connectivity index (χ2v) is 35.2. The number of carbonyl (C=O) groups is 15. The van der Waals surface area contributed by atoms with Crippen molar-refractivity contribution in [3.05, 3.63) is 143 Å². The van der Waals surface area contributed by atoms with Crippen molar-refractivity contribution in [1.29, 1.82) is 0 Å². The molecule has 0 unspecified atom stereocenters. The van der Waals surface area contributed by atoms with Gasteiger partial charge in [0.2, 0.25) is 35.4 Å². The summed E-state index contributed by atoms with van der Waals surface area (Å²) in [5.41, 5.74) is 14.8. The van der Waals surface area contributed by atoms with Gasteiger partial charge in [-0.1, -0.05) is 133 Å². The summed E-state index contributed by atoms with van der Waals surface area (Å²) in [6.07, 6.45) is 8.53. The summed E-state index contributed by atoms with van der Waals surface area (Å²) in [6.45, 7) is 29.9. The van der Waals surface area contributed by atoms with E-state index in [-0.39, 0.29) is 17.8 Å². The molecule has 3 fully saturated rings. The maximum atomic E-state index is 13.6. The largest absolute Gasteiger partial charge is 0.481 e. The lowest BCUT2D eigenvalue weighted by molar-refractivity contribution is -0.158. The zero-order valence-corrected chi connectivity index (χ0v) is 78.4. The summed E-state index contributed by atoms with van der Waals surface area (Å²) in [5, 5.41) is 40.9. The SMILES string of the molecule is CC(=O)O.CC(=O)O[C@@H](C)[C@H]1/C=C/c2ccc3ccc(nc3c2)[C@@H](C)OC(=O)[C@@H]2CCCN(N2)C(=O)[C@H](C)NC(=O)[C@H](C(C)C)NC1=O.CC(=O)O[C@@H](C)[C@H]1/C=C/c2ccc3ccc(nc3c2)[C@@H](C)OC(=O)[C@@H]2CCCN(N2)C(=O)[C@H](C)NC(=O)[C@H](C(C)C)NC1=O.CC(C)[C@@H]1NC(=O)[C@@H]([C@H](C)O)/C=C/c2ccc3ccc(nc3c2)[C@@H](C)OC(=O)[C@@H]2CCCN(N2)C(=O)[C@H](C)NC1=O. The number of carboxylic acid groups (broad SMARTS) is 1. The van der Waals surface area contributed by atoms with Gasteiger partial charge in [0.15, 0.2) is 0 Å². The van der Waals surface area contributed by atoms with Gasteiger partial charge in [-0.25, -0.2) is 31.2 Å². The van der Waals surface area contributed by atoms with Crippen molar-refractivity contribution >= 4 is 140 Å². The second-order valence-electron chi connectivity index (χ2n) is 35.2. The average molecular weight is 1840 g/mol. The number of rotatable bonds is 8. The highest BCUT2D eigenvalue weighted by molar-refractivity contribution is 5.97. The molecule has 3 aromatic carbocycles. The van der Waals surface area contributed by atoms with Crippen LogP contribution in [-0.2, 0) is 95.6 Å². The number of carboxylic acids is 1. The number of aromatic nitrogens is 3. The third kappa shape index (κ3) is 28.8. The van der Waals surface area contributed by atoms with Gasteiger partial charge in [0.25, 0.3) is 23.7 Å². The van der Waals surface area contributed by atoms with Crippen LogP contribution < -0.4 is 48.2 Å². The fraction of sp³-hybridized carbons (Fsp3) is 0.500. The van der Waals surface area contributed by atoms with E-state index in [2.05, 4.69) is 48.2 Å². The van der Waals surface area contributed by atoms with Crippen molar-refractivity contribution in [2.45, 2.75) is 254 Å². The number of cyclic esters (lactones) is 3. The number of benzene rings is 3. The first-order chi connectivity index (χ1) is 62.8. The van der Waals surface area contributed by atoms with Crippen LogP contribution in [0.2, 0.25) is 0 Å². The maximum absolute atomic E-state index is 13.6. The van der Waals surface area contributed by atoms with Gasteiger partial charge in [0, 0.05) is 56.6 Å². The van der Waals surface area contributed by atoms with E-state index in [0.717, 1.165) is 39.8 Å². The van der Waals surface area contributed by atoms with E-state index in [4.69, 9.17) is 48.5 Å². The number of nitrogens with one attached hydrogen (secondary N) is 9. The number of hydrazine groups is 3. The van der Waals surface area contributed by atoms with Crippen molar-refractivity contribution in [2.75, 3.05) is 19.6 Å². The summed E-state index contributed by atoms with van der Waals surface area (Å²) in [7, 11) is 0. The first-order valence-corrected chi connectivity index (χ1v) is 45.0. The molecule has 9 heterocycles. The molecule has 3 aromatic heterocycles. The Hall–Kier alpha value is -13.0. The molecule has 133 heavy (non-hydrogen) atoms. The fourth-order valence-electron chi connectivity index (χ4n) is 15.6. The number of nitrogens with zero attached hydrogens (tertiary/aromatic N) is 6. The van der Waals surface area contributed by atoms with E-state index < -0.39 is 198 Å². The molecule has 12 rings (SSSR count). The molecule has 6 aromatic rings. The number of aliphatic carboxylic acids is 1. The van der Waals surface area contributed by atoms with Crippen LogP contribution in [0.25, 0.3) is 50.9 Å². The van der Waals surface area contributed by atoms with Gasteiger partial charge in [0.1, 0.15) is 84.9 Å². The lowest BCUT2D eigenvalue weighted by Crippen LogP contribution is -2.61. The number of ether oxygens (including phenoxy) is 5. The minimum absolute atomic E-state index is 0.295. The quantitative estimate of drug-likeness (QED) is 0.0528. The summed E-state index contributed by atoms with van der Waals surface area (Å²) in [4.78, 5) is 206. The van der Waals surface area contributed by atoms with E-state index in [1.165, 1.54) is 35.8 Å². The zero-order chi connectivity index (χ0) is 97.7. The van der Waals surface area contributed by atoms with Crippen molar-refractivity contribution in [3.8, 4) is 0 Å². The summed E-state index contributed by atoms with van der Waals surface area (Å²) >= 11 is 0. The van der Waals surface area contributed by atoms with Crippen LogP contribution in [-0.4, -0.2) is 221 Å². The molecule has 0 radical (unpaired) electrons. The Balaban J connectivity index is 0.000000220. The van der Waals surface area contributed by atoms with Crippen molar-refractivity contribution in [1.82, 2.24) is 78.2 Å². The highest BCUT2D eigenvalue weighted by Gasteiger charge is 2.41. The number of hydrogen-bond acceptors (Lipinski definition) is 27. The normalized spacial score (nSPS) is 26.7. The summed E-state index contributed by atoms with van der Waals surface area (Å²) < 4.78 is 28.0. The molecule has 716 valence electrons. The smallest absolute Gasteiger partial charge is 0.325 e. The van der Waals surface area contributed by atoms with Gasteiger partial charge in [0.05, 0.1) is 57.5 Å². The van der Waals surface area contributed by atoms with Crippen LogP contribution in [0.4, 0.5) is 0 Å². The molecule has 6 aliphatic heterocycles. The standard InChI is InChI=1S/2C32H41N5O7.C30H39N5O6.C2H4O2/c2*1-17(2)28-30(40)33-18(3)31(41)37-15-7-8-26(36-37)32(42)44-20(5)25-14-12-23-11-9-22(16-27(23)34-25)10-13-24(29(39)35-28)19(4)43-21(6)38;1-16(2)26-28(38)31-17(3)29(39)35-14-6-7-24(34-35)30(40)41-19(5)23-13-11-21-10-8-20(15-25(21)32-23)9-12-22(18(4)36)27(37)33-26;1-2(3)4/h2*9-14,16-20,24,26,28,36H,7-8,15H2,1-6H3,(H,33,40)(H,35,39);8-13,15-19,22,24,26,34,36H,6-7,14H2,1-5H3,(H,31,38)(H,33,37);1H3,(H,3,4)/b2*13-10+;12-9+;/t2*18-,19-,20+,24+,26-,28-;17-,18-,19+,22+,24-,26-;/m000./s1. The van der Waals surface area contributed by atoms with E-state index in [9.17, 15) is 72.2 Å². The minimum Gasteiger partial charge on any atom is -0.481 e. The number of fused-ring (bicyclic) bond motifs is 12. The van der Waals surface area contributed by atoms with Crippen molar-refractivity contribution in [3.63, 3.8) is 0 Å². The molecule has 0 aliphatic carbocycles. The van der Waals surface area contributed by atoms with Gasteiger partial charge >= 0.3 is 29.8 Å². The predicted octanol–water partition coefficient (Wildman–Crippen LogP) is 7.24. The lowest BCUT2D eigenvalue weighted by Gasteiger charge is -2.35. The number of aliphatic hydroxyl groups excluding tert-OH is 1. The van der Waals surface area contributed by atoms with Crippen LogP contribution in [0.1, 0.15) is 215 Å². The third-order valence-corrected chi connectivity index (χ3v) is 23.1. The Morgan fingerprint density at radius 2 is 0.639 bits per heavy atom. The van der Waals surface area contributed by atoms with Gasteiger partial charge in [-0.3, -0.25) is 86.9 Å². The number of amides is 9. The minimum atomic E-state index is -1.02. The van der Waals surface area contributed by atoms with Gasteiger partial charge in [-0.05, 0) is 172 Å². The van der Waals surface area contributed by atoms with Crippen molar-refractivity contribution < 1.29 is 106 Å². The monoisotopic (exact) mass is 1840 g/mol. The van der Waals surface area contributed by atoms with Crippen LogP contribution in [0, 0.1) is 35.5 Å². The van der Waals surface area contributed by atoms with Gasteiger partial charge < -0.3 is 65.8 Å². The van der Waals surface area contributed by atoms with E-state index in [1.807, 2.05) is 72.8 Å². The molecule has 3 saturated heterocycles. The Labute approximate surface area is 772 Å². The number of pyridine rings is 3. The van der Waals surface area contributed by atoms with Gasteiger partial charge in [-0.15, -0.1) is 0 Å². The number of esters is 5. The molecular formula is C96H125N15O22. The first kappa shape index (κ1) is 104. The molecule has 6 aliphatic rings. The molecule has 9 amide bonds. The van der Waals surface area contributed by atoms with Crippen LogP contribution in [0.15, 0.2) is 109 Å². The topological polar surface area (TPSA) is 499 Å². The van der Waals surface area contributed by atoms with Crippen LogP contribution in [0.3, 0.4) is 0 Å². The highest BCUT2D eigenvalue weighted by Crippen LogP contribution is 2.30. The first-order valence-electron chi connectivity index (χ1n) is 45.0. The summed E-state index contributed by atoms with van der Waals surface area (Å²) in [5.74, 6) is -11.6. The Morgan fingerprint density at radius 3 is 0.895 bits per heavy atom. The zero-order valence-electron chi connectivity index (χ0n) is 78.4. The van der Waals surface area contributed by atoms with E-state index in [0.29, 0.717) is 91.8 Å². The average Bonchev–Trinajstić information content (AvgIpc) is 1.78. The number of hydrogen-bond donors (Lipinski definition) is 11. The van der Waals surface area contributed by atoms with Crippen molar-refractivity contribution in [2.24, 2.45) is 35.5 Å². The Morgan fingerprint density at radius 1 is 0.383 bits per heavy atom. The molecule has 18 atom stereocenters. The van der Waals surface area contributed by atoms with E-state index in [1.54, 1.807) is 152 Å². The summed E-state index contributed by atoms with van der Waals surface area (Å²) in [6, 6.07) is 19.9. The van der Waals surface area contributed by atoms with Gasteiger partial charge in [-0.2, -0.15) is 0 Å². The maximum Gasteiger partial charge on any atom is 0.325 e. The Kier molecular flexibility index (Phi) is 37.0. The Bertz CT molecular complexity index is 5170. The molecule has 0 spiro atoms. The molecule has 37 nitrogen and oxygen atoms in total. The number of aliphatic hydroxyl groups is 1. The second kappa shape index (κ2) is 47.4. The molecule has 15 bridgehead atoms. The number of carbonyl (C=O) groups excluding carboxylic acids is 14. The lowest BCUT2D eigenvalue weighted by atomic mass is 9.97. The molecular weight excluding hydrogens is 1720 g/mol. The fourth-order valence-corrected chi connectivity index (χ4v) is 15.6. The molecule has 37 heteroatoms. The third-order valence-electron chi connectivity index (χ3n) is 23.1.